The number of ether oxygens (including phenoxy) is 1. The first-order valence-corrected chi connectivity index (χ1v) is 6.89. The number of nitrogens with one attached hydrogen (secondary N) is 1. The fraction of sp³-hybridized carbons (Fsp3) is 0.533. The van der Waals surface area contributed by atoms with Gasteiger partial charge in [0.2, 0.25) is 0 Å². The Bertz CT molecular complexity index is 411. The monoisotopic (exact) mass is 262 g/mol. The fourth-order valence-corrected chi connectivity index (χ4v) is 2.42. The summed E-state index contributed by atoms with van der Waals surface area (Å²) in [7, 11) is 1.87. The molecule has 4 nitrogen and oxygen atoms in total. The number of benzene rings is 1. The number of carbonyl (C=O) groups excluding carboxylic acids is 1. The summed E-state index contributed by atoms with van der Waals surface area (Å²) in [4.78, 5) is 14.1. The predicted molar refractivity (Wildman–Crippen MR) is 75.5 cm³/mol. The van der Waals surface area contributed by atoms with E-state index in [-0.39, 0.29) is 5.91 Å². The van der Waals surface area contributed by atoms with E-state index >= 15 is 0 Å². The molecule has 1 aliphatic heterocycles. The van der Waals surface area contributed by atoms with Crippen molar-refractivity contribution < 1.29 is 9.53 Å². The highest BCUT2D eigenvalue weighted by Crippen LogP contribution is 2.15. The van der Waals surface area contributed by atoms with Gasteiger partial charge < -0.3 is 15.0 Å². The molecule has 1 amide bonds. The van der Waals surface area contributed by atoms with Crippen molar-refractivity contribution in [3.63, 3.8) is 0 Å². The summed E-state index contributed by atoms with van der Waals surface area (Å²) in [5, 5.41) is 3.32. The average molecular weight is 262 g/mol. The number of carbonyl (C=O) groups is 1. The van der Waals surface area contributed by atoms with E-state index in [1.54, 1.807) is 0 Å². The van der Waals surface area contributed by atoms with Gasteiger partial charge in [0, 0.05) is 19.2 Å². The van der Waals surface area contributed by atoms with Gasteiger partial charge in [-0.15, -0.1) is 0 Å². The minimum Gasteiger partial charge on any atom is -0.494 e. The quantitative estimate of drug-likeness (QED) is 0.879. The van der Waals surface area contributed by atoms with Crippen molar-refractivity contribution in [2.75, 3.05) is 33.3 Å². The van der Waals surface area contributed by atoms with Crippen LogP contribution in [-0.2, 0) is 0 Å². The van der Waals surface area contributed by atoms with Crippen LogP contribution in [0.5, 0.6) is 5.75 Å². The maximum absolute atomic E-state index is 12.3. The zero-order valence-corrected chi connectivity index (χ0v) is 11.7. The molecule has 0 aromatic heterocycles. The third-order valence-electron chi connectivity index (χ3n) is 3.45. The Morgan fingerprint density at radius 2 is 2.16 bits per heavy atom. The van der Waals surface area contributed by atoms with Gasteiger partial charge in [-0.1, -0.05) is 0 Å². The molecule has 4 heteroatoms. The third-order valence-corrected chi connectivity index (χ3v) is 3.45. The van der Waals surface area contributed by atoms with Crippen molar-refractivity contribution in [2.24, 2.45) is 5.92 Å². The first kappa shape index (κ1) is 13.9. The van der Waals surface area contributed by atoms with Gasteiger partial charge in [0.25, 0.3) is 5.91 Å². The van der Waals surface area contributed by atoms with E-state index in [1.807, 2.05) is 43.1 Å². The molecule has 2 rings (SSSR count). The van der Waals surface area contributed by atoms with Crippen molar-refractivity contribution in [1.29, 1.82) is 0 Å². The van der Waals surface area contributed by atoms with E-state index in [0.29, 0.717) is 12.5 Å². The van der Waals surface area contributed by atoms with Gasteiger partial charge in [-0.3, -0.25) is 4.79 Å². The Hall–Kier alpha value is -1.55. The Morgan fingerprint density at radius 3 is 2.74 bits per heavy atom. The lowest BCUT2D eigenvalue weighted by atomic mass is 10.1. The van der Waals surface area contributed by atoms with E-state index in [0.717, 1.165) is 37.4 Å². The highest BCUT2D eigenvalue weighted by molar-refractivity contribution is 5.94. The zero-order valence-electron chi connectivity index (χ0n) is 11.7. The second-order valence-electron chi connectivity index (χ2n) is 5.00. The lowest BCUT2D eigenvalue weighted by molar-refractivity contribution is 0.0776. The number of amides is 1. The molecule has 1 saturated heterocycles. The van der Waals surface area contributed by atoms with E-state index in [1.165, 1.54) is 0 Å². The van der Waals surface area contributed by atoms with Crippen molar-refractivity contribution in [2.45, 2.75) is 13.3 Å². The van der Waals surface area contributed by atoms with Gasteiger partial charge in [0.05, 0.1) is 6.61 Å². The van der Waals surface area contributed by atoms with Gasteiger partial charge in [-0.25, -0.2) is 0 Å². The number of hydrogen-bond donors (Lipinski definition) is 1. The summed E-state index contributed by atoms with van der Waals surface area (Å²) >= 11 is 0. The summed E-state index contributed by atoms with van der Waals surface area (Å²) in [5.41, 5.74) is 0.719. The molecule has 104 valence electrons. The van der Waals surface area contributed by atoms with E-state index in [9.17, 15) is 4.79 Å². The second-order valence-corrected chi connectivity index (χ2v) is 5.00. The number of hydrogen-bond acceptors (Lipinski definition) is 3. The lowest BCUT2D eigenvalue weighted by Gasteiger charge is -2.20. The molecule has 1 fully saturated rings. The molecule has 1 aliphatic rings. The molecule has 1 atom stereocenters. The predicted octanol–water partition coefficient (Wildman–Crippen LogP) is 1.77. The van der Waals surface area contributed by atoms with Crippen LogP contribution < -0.4 is 10.1 Å². The van der Waals surface area contributed by atoms with Gasteiger partial charge in [-0.2, -0.15) is 0 Å². The maximum Gasteiger partial charge on any atom is 0.253 e. The molecule has 0 radical (unpaired) electrons. The van der Waals surface area contributed by atoms with Crippen molar-refractivity contribution in [3.8, 4) is 5.75 Å². The van der Waals surface area contributed by atoms with Crippen LogP contribution >= 0.6 is 0 Å². The standard InChI is InChI=1S/C15H22N2O2/c1-3-19-14-6-4-13(5-7-14)15(18)17(2)11-12-8-9-16-10-12/h4-7,12,16H,3,8-11H2,1-2H3. The van der Waals surface area contributed by atoms with Crippen LogP contribution in [0.4, 0.5) is 0 Å². The first-order chi connectivity index (χ1) is 9.20. The minimum atomic E-state index is 0.0787. The fourth-order valence-electron chi connectivity index (χ4n) is 2.42. The smallest absolute Gasteiger partial charge is 0.253 e. The number of rotatable bonds is 5. The van der Waals surface area contributed by atoms with Crippen LogP contribution in [0.3, 0.4) is 0 Å². The normalized spacial score (nSPS) is 18.3. The molecule has 1 aromatic rings. The molecule has 0 aliphatic carbocycles. The summed E-state index contributed by atoms with van der Waals surface area (Å²) < 4.78 is 5.38. The van der Waals surface area contributed by atoms with Crippen LogP contribution in [0, 0.1) is 5.92 Å². The molecule has 1 N–H and O–H groups in total. The van der Waals surface area contributed by atoms with Gasteiger partial charge in [0.1, 0.15) is 5.75 Å². The molecular formula is C15H22N2O2. The number of nitrogens with zero attached hydrogens (tertiary/aromatic N) is 1. The SMILES string of the molecule is CCOc1ccc(C(=O)N(C)CC2CCNC2)cc1. The second kappa shape index (κ2) is 6.57. The van der Waals surface area contributed by atoms with Gasteiger partial charge in [-0.05, 0) is 56.6 Å². The molecule has 0 bridgehead atoms. The van der Waals surface area contributed by atoms with Crippen LogP contribution in [0.15, 0.2) is 24.3 Å². The van der Waals surface area contributed by atoms with Crippen molar-refractivity contribution in [3.05, 3.63) is 29.8 Å². The highest BCUT2D eigenvalue weighted by atomic mass is 16.5. The summed E-state index contributed by atoms with van der Waals surface area (Å²) in [6, 6.07) is 7.36. The third kappa shape index (κ3) is 3.70. The highest BCUT2D eigenvalue weighted by Gasteiger charge is 2.19. The topological polar surface area (TPSA) is 41.6 Å². The molecule has 1 aromatic carbocycles. The van der Waals surface area contributed by atoms with Crippen LogP contribution in [-0.4, -0.2) is 44.1 Å². The van der Waals surface area contributed by atoms with E-state index < -0.39 is 0 Å². The van der Waals surface area contributed by atoms with Gasteiger partial charge >= 0.3 is 0 Å². The average Bonchev–Trinajstić information content (AvgIpc) is 2.92. The Labute approximate surface area is 114 Å². The largest absolute Gasteiger partial charge is 0.494 e. The van der Waals surface area contributed by atoms with Crippen molar-refractivity contribution in [1.82, 2.24) is 10.2 Å². The van der Waals surface area contributed by atoms with Crippen LogP contribution in [0.1, 0.15) is 23.7 Å². The molecule has 1 unspecified atom stereocenters. The molecule has 1 heterocycles. The van der Waals surface area contributed by atoms with Crippen LogP contribution in [0.25, 0.3) is 0 Å². The van der Waals surface area contributed by atoms with Crippen molar-refractivity contribution >= 4 is 5.91 Å². The summed E-state index contributed by atoms with van der Waals surface area (Å²) in [5.74, 6) is 1.47. The maximum atomic E-state index is 12.3. The lowest BCUT2D eigenvalue weighted by Crippen LogP contribution is -2.32. The molecule has 19 heavy (non-hydrogen) atoms. The Morgan fingerprint density at radius 1 is 1.42 bits per heavy atom. The molecule has 0 saturated carbocycles. The minimum absolute atomic E-state index is 0.0787. The molecular weight excluding hydrogens is 240 g/mol. The first-order valence-electron chi connectivity index (χ1n) is 6.89. The molecule has 0 spiro atoms. The zero-order chi connectivity index (χ0) is 13.7. The summed E-state index contributed by atoms with van der Waals surface area (Å²) in [6.45, 7) is 5.49. The summed E-state index contributed by atoms with van der Waals surface area (Å²) in [6.07, 6.45) is 1.15. The Balaban J connectivity index is 1.93. The Kier molecular flexibility index (Phi) is 4.80. The van der Waals surface area contributed by atoms with Crippen LogP contribution in [0.2, 0.25) is 0 Å². The van der Waals surface area contributed by atoms with Gasteiger partial charge in [0.15, 0.2) is 0 Å². The van der Waals surface area contributed by atoms with E-state index in [2.05, 4.69) is 5.32 Å². The van der Waals surface area contributed by atoms with E-state index in [4.69, 9.17) is 4.74 Å².